The fourth-order valence-electron chi connectivity index (χ4n) is 1.88. The van der Waals surface area contributed by atoms with Gasteiger partial charge >= 0.3 is 0 Å². The van der Waals surface area contributed by atoms with Gasteiger partial charge in [-0.15, -0.1) is 0 Å². The highest BCUT2D eigenvalue weighted by Crippen LogP contribution is 2.21. The molecule has 0 aliphatic carbocycles. The van der Waals surface area contributed by atoms with E-state index in [0.29, 0.717) is 25.2 Å². The monoisotopic (exact) mass is 316 g/mol. The predicted molar refractivity (Wildman–Crippen MR) is 85.8 cm³/mol. The Labute approximate surface area is 127 Å². The summed E-state index contributed by atoms with van der Waals surface area (Å²) in [4.78, 5) is 1.76. The summed E-state index contributed by atoms with van der Waals surface area (Å²) in [6, 6.07) is 6.40. The fourth-order valence-corrected chi connectivity index (χ4v) is 2.95. The van der Waals surface area contributed by atoms with Crippen LogP contribution in [0.15, 0.2) is 24.3 Å². The largest absolute Gasteiger partial charge is 0.368 e. The molecule has 1 rings (SSSR count). The van der Waals surface area contributed by atoms with E-state index in [4.69, 9.17) is 5.73 Å². The maximum atomic E-state index is 13.9. The van der Waals surface area contributed by atoms with Gasteiger partial charge in [-0.1, -0.05) is 12.1 Å². The molecule has 0 spiro atoms. The Bertz CT molecular complexity index is 553. The first-order valence-corrected chi connectivity index (χ1v) is 8.76. The SMILES string of the molecule is CC(C)(C)S(=O)(=O)CCN(CCCN)c1ccccc1F. The molecule has 120 valence electrons. The lowest BCUT2D eigenvalue weighted by atomic mass is 10.2. The standard InChI is InChI=1S/C15H25FN2O2S/c1-15(2,3)21(19,20)12-11-18(10-6-9-17)14-8-5-4-7-13(14)16/h4-5,7-8H,6,9-12,17H2,1-3H3. The van der Waals surface area contributed by atoms with Gasteiger partial charge in [0.15, 0.2) is 9.84 Å². The molecular formula is C15H25FN2O2S. The van der Waals surface area contributed by atoms with Gasteiger partial charge < -0.3 is 10.6 Å². The quantitative estimate of drug-likeness (QED) is 0.837. The molecule has 1 aromatic rings. The Kier molecular flexibility index (Phi) is 6.16. The van der Waals surface area contributed by atoms with Crippen molar-refractivity contribution in [2.45, 2.75) is 31.9 Å². The van der Waals surface area contributed by atoms with Gasteiger partial charge in [0.1, 0.15) is 5.82 Å². The van der Waals surface area contributed by atoms with Gasteiger partial charge in [-0.2, -0.15) is 0 Å². The molecule has 1 aromatic carbocycles. The zero-order chi connectivity index (χ0) is 16.1. The molecule has 0 fully saturated rings. The van der Waals surface area contributed by atoms with Crippen LogP contribution in [0.4, 0.5) is 10.1 Å². The molecule has 0 heterocycles. The zero-order valence-electron chi connectivity index (χ0n) is 13.0. The molecule has 6 heteroatoms. The van der Waals surface area contributed by atoms with Crippen LogP contribution in [-0.2, 0) is 9.84 Å². The Morgan fingerprint density at radius 2 is 1.81 bits per heavy atom. The number of nitrogens with two attached hydrogens (primary N) is 1. The number of hydrogen-bond donors (Lipinski definition) is 1. The Balaban J connectivity index is 2.88. The van der Waals surface area contributed by atoms with Gasteiger partial charge in [-0.25, -0.2) is 12.8 Å². The molecule has 21 heavy (non-hydrogen) atoms. The summed E-state index contributed by atoms with van der Waals surface area (Å²) in [6.45, 7) is 6.32. The van der Waals surface area contributed by atoms with Crippen LogP contribution in [0.5, 0.6) is 0 Å². The third-order valence-corrected chi connectivity index (χ3v) is 5.97. The number of para-hydroxylation sites is 1. The number of nitrogens with zero attached hydrogens (tertiary/aromatic N) is 1. The second kappa shape index (κ2) is 7.22. The molecule has 4 nitrogen and oxygen atoms in total. The van der Waals surface area contributed by atoms with E-state index in [9.17, 15) is 12.8 Å². The third kappa shape index (κ3) is 4.97. The van der Waals surface area contributed by atoms with Crippen molar-refractivity contribution in [2.75, 3.05) is 30.3 Å². The molecule has 0 aromatic heterocycles. The molecule has 0 bridgehead atoms. The summed E-state index contributed by atoms with van der Waals surface area (Å²) >= 11 is 0. The highest BCUT2D eigenvalue weighted by molar-refractivity contribution is 7.92. The van der Waals surface area contributed by atoms with Crippen LogP contribution in [0.3, 0.4) is 0 Å². The number of anilines is 1. The van der Waals surface area contributed by atoms with Gasteiger partial charge in [0.2, 0.25) is 0 Å². The average Bonchev–Trinajstić information content (AvgIpc) is 2.39. The van der Waals surface area contributed by atoms with Crippen molar-refractivity contribution < 1.29 is 12.8 Å². The van der Waals surface area contributed by atoms with Crippen LogP contribution >= 0.6 is 0 Å². The van der Waals surface area contributed by atoms with Crippen LogP contribution in [0, 0.1) is 5.82 Å². The molecule has 0 amide bonds. The van der Waals surface area contributed by atoms with E-state index in [1.807, 2.05) is 0 Å². The van der Waals surface area contributed by atoms with Crippen molar-refractivity contribution in [3.8, 4) is 0 Å². The predicted octanol–water partition coefficient (Wildman–Crippen LogP) is 2.19. The second-order valence-electron chi connectivity index (χ2n) is 6.01. The van der Waals surface area contributed by atoms with E-state index in [1.165, 1.54) is 6.07 Å². The Hall–Kier alpha value is -1.14. The van der Waals surface area contributed by atoms with E-state index < -0.39 is 14.6 Å². The lowest BCUT2D eigenvalue weighted by molar-refractivity contribution is 0.557. The maximum absolute atomic E-state index is 13.9. The number of halogens is 1. The molecule has 0 aliphatic rings. The summed E-state index contributed by atoms with van der Waals surface area (Å²) in [5.41, 5.74) is 5.93. The van der Waals surface area contributed by atoms with E-state index in [0.717, 1.165) is 0 Å². The summed E-state index contributed by atoms with van der Waals surface area (Å²) in [5, 5.41) is 0. The topological polar surface area (TPSA) is 63.4 Å². The van der Waals surface area contributed by atoms with Crippen LogP contribution in [-0.4, -0.2) is 38.6 Å². The molecule has 0 saturated heterocycles. The van der Waals surface area contributed by atoms with E-state index in [-0.39, 0.29) is 18.1 Å². The minimum atomic E-state index is -3.23. The third-order valence-electron chi connectivity index (χ3n) is 3.39. The number of benzene rings is 1. The van der Waals surface area contributed by atoms with Crippen molar-refractivity contribution in [3.63, 3.8) is 0 Å². The van der Waals surface area contributed by atoms with E-state index >= 15 is 0 Å². The molecule has 0 radical (unpaired) electrons. The molecule has 0 unspecified atom stereocenters. The van der Waals surface area contributed by atoms with Gasteiger partial charge in [-0.3, -0.25) is 0 Å². The first-order valence-electron chi connectivity index (χ1n) is 7.11. The average molecular weight is 316 g/mol. The van der Waals surface area contributed by atoms with Crippen LogP contribution in [0.25, 0.3) is 0 Å². The lowest BCUT2D eigenvalue weighted by Gasteiger charge is -2.27. The first kappa shape index (κ1) is 17.9. The van der Waals surface area contributed by atoms with Crippen molar-refractivity contribution in [1.29, 1.82) is 0 Å². The van der Waals surface area contributed by atoms with Crippen molar-refractivity contribution >= 4 is 15.5 Å². The van der Waals surface area contributed by atoms with Crippen molar-refractivity contribution in [1.82, 2.24) is 0 Å². The normalized spacial score (nSPS) is 12.4. The first-order chi connectivity index (χ1) is 9.69. The zero-order valence-corrected chi connectivity index (χ0v) is 13.8. The molecular weight excluding hydrogens is 291 g/mol. The van der Waals surface area contributed by atoms with Gasteiger partial charge in [0.05, 0.1) is 16.2 Å². The highest BCUT2D eigenvalue weighted by Gasteiger charge is 2.29. The van der Waals surface area contributed by atoms with E-state index in [2.05, 4.69) is 0 Å². The lowest BCUT2D eigenvalue weighted by Crippen LogP contribution is -2.37. The second-order valence-corrected chi connectivity index (χ2v) is 8.87. The number of sulfone groups is 1. The minimum absolute atomic E-state index is 0.00456. The Morgan fingerprint density at radius 1 is 1.19 bits per heavy atom. The van der Waals surface area contributed by atoms with Crippen molar-refractivity contribution in [2.24, 2.45) is 5.73 Å². The smallest absolute Gasteiger partial charge is 0.156 e. The summed E-state index contributed by atoms with van der Waals surface area (Å²) in [6.07, 6.45) is 0.684. The number of rotatable bonds is 7. The maximum Gasteiger partial charge on any atom is 0.156 e. The summed E-state index contributed by atoms with van der Waals surface area (Å²) < 4.78 is 37.5. The molecule has 0 saturated carbocycles. The van der Waals surface area contributed by atoms with Crippen LogP contribution in [0.2, 0.25) is 0 Å². The minimum Gasteiger partial charge on any atom is -0.368 e. The summed E-state index contributed by atoms with van der Waals surface area (Å²) in [5.74, 6) is -0.349. The van der Waals surface area contributed by atoms with Gasteiger partial charge in [-0.05, 0) is 45.9 Å². The van der Waals surface area contributed by atoms with Crippen LogP contribution in [0.1, 0.15) is 27.2 Å². The summed E-state index contributed by atoms with van der Waals surface area (Å²) in [7, 11) is -3.23. The molecule has 2 N–H and O–H groups in total. The highest BCUT2D eigenvalue weighted by atomic mass is 32.2. The van der Waals surface area contributed by atoms with Crippen molar-refractivity contribution in [3.05, 3.63) is 30.1 Å². The van der Waals surface area contributed by atoms with Crippen LogP contribution < -0.4 is 10.6 Å². The van der Waals surface area contributed by atoms with Gasteiger partial charge in [0.25, 0.3) is 0 Å². The van der Waals surface area contributed by atoms with Gasteiger partial charge in [0, 0.05) is 13.1 Å². The van der Waals surface area contributed by atoms with E-state index in [1.54, 1.807) is 43.9 Å². The molecule has 0 atom stereocenters. The number of hydrogen-bond acceptors (Lipinski definition) is 4. The Morgan fingerprint density at radius 3 is 2.33 bits per heavy atom. The molecule has 0 aliphatic heterocycles. The fraction of sp³-hybridized carbons (Fsp3) is 0.600.